The zero-order chi connectivity index (χ0) is 11.9. The summed E-state index contributed by atoms with van der Waals surface area (Å²) in [5.41, 5.74) is 10.9. The van der Waals surface area contributed by atoms with E-state index in [4.69, 9.17) is 17.3 Å². The monoisotopic (exact) mass is 235 g/mol. The fraction of sp³-hybridized carbons (Fsp3) is 0.250. The van der Waals surface area contributed by atoms with E-state index in [1.165, 1.54) is 0 Å². The third-order valence-electron chi connectivity index (χ3n) is 2.70. The van der Waals surface area contributed by atoms with Crippen molar-refractivity contribution in [1.82, 2.24) is 10.2 Å². The largest absolute Gasteiger partial charge is 0.384 e. The van der Waals surface area contributed by atoms with E-state index in [1.807, 2.05) is 32.9 Å². The SMILES string of the molecule is Cc1cc(-c2c(C)n[nH]c2N)cc(C)c1Cl. The number of aryl methyl sites for hydroxylation is 3. The topological polar surface area (TPSA) is 54.7 Å². The number of nitrogens with one attached hydrogen (secondary N) is 1. The van der Waals surface area contributed by atoms with E-state index in [9.17, 15) is 0 Å². The van der Waals surface area contributed by atoms with E-state index in [-0.39, 0.29) is 0 Å². The van der Waals surface area contributed by atoms with Crippen molar-refractivity contribution >= 4 is 17.4 Å². The van der Waals surface area contributed by atoms with Crippen molar-refractivity contribution in [3.05, 3.63) is 34.0 Å². The molecular formula is C12H14ClN3. The van der Waals surface area contributed by atoms with Gasteiger partial charge in [-0.15, -0.1) is 0 Å². The van der Waals surface area contributed by atoms with E-state index in [1.54, 1.807) is 0 Å². The molecule has 0 saturated carbocycles. The Morgan fingerprint density at radius 2 is 1.75 bits per heavy atom. The second-order valence-corrected chi connectivity index (χ2v) is 4.40. The highest BCUT2D eigenvalue weighted by Gasteiger charge is 2.12. The molecule has 0 radical (unpaired) electrons. The number of nitrogens with two attached hydrogens (primary N) is 1. The summed E-state index contributed by atoms with van der Waals surface area (Å²) in [5, 5.41) is 7.68. The number of anilines is 1. The van der Waals surface area contributed by atoms with Gasteiger partial charge in [-0.1, -0.05) is 11.6 Å². The molecule has 84 valence electrons. The molecule has 0 aliphatic rings. The van der Waals surface area contributed by atoms with Gasteiger partial charge in [0, 0.05) is 10.6 Å². The summed E-state index contributed by atoms with van der Waals surface area (Å²) in [6.45, 7) is 5.91. The Hall–Kier alpha value is -1.48. The number of nitrogens with zero attached hydrogens (tertiary/aromatic N) is 1. The fourth-order valence-electron chi connectivity index (χ4n) is 1.91. The molecule has 2 aromatic rings. The Balaban J connectivity index is 2.66. The fourth-order valence-corrected chi connectivity index (χ4v) is 2.01. The molecular weight excluding hydrogens is 222 g/mol. The highest BCUT2D eigenvalue weighted by atomic mass is 35.5. The first-order valence-corrected chi connectivity index (χ1v) is 5.46. The second-order valence-electron chi connectivity index (χ2n) is 4.02. The Bertz CT molecular complexity index is 501. The van der Waals surface area contributed by atoms with Gasteiger partial charge < -0.3 is 5.73 Å². The van der Waals surface area contributed by atoms with Crippen molar-refractivity contribution in [1.29, 1.82) is 0 Å². The summed E-state index contributed by atoms with van der Waals surface area (Å²) >= 11 is 6.14. The molecule has 0 amide bonds. The van der Waals surface area contributed by atoms with Gasteiger partial charge in [0.15, 0.2) is 0 Å². The number of benzene rings is 1. The zero-order valence-electron chi connectivity index (χ0n) is 9.56. The number of aromatic nitrogens is 2. The van der Waals surface area contributed by atoms with Gasteiger partial charge in [0.25, 0.3) is 0 Å². The Morgan fingerprint density at radius 1 is 1.19 bits per heavy atom. The Morgan fingerprint density at radius 3 is 2.19 bits per heavy atom. The molecule has 1 heterocycles. The molecule has 0 aliphatic carbocycles. The number of rotatable bonds is 1. The maximum atomic E-state index is 6.14. The van der Waals surface area contributed by atoms with Crippen molar-refractivity contribution in [3.8, 4) is 11.1 Å². The van der Waals surface area contributed by atoms with Crippen LogP contribution in [0, 0.1) is 20.8 Å². The molecule has 0 atom stereocenters. The lowest BCUT2D eigenvalue weighted by Gasteiger charge is -2.07. The average molecular weight is 236 g/mol. The summed E-state index contributed by atoms with van der Waals surface area (Å²) in [6, 6.07) is 4.06. The number of hydrogen-bond donors (Lipinski definition) is 2. The minimum atomic E-state index is 0.596. The van der Waals surface area contributed by atoms with Gasteiger partial charge in [-0.25, -0.2) is 0 Å². The van der Waals surface area contributed by atoms with E-state index in [0.717, 1.165) is 33.0 Å². The van der Waals surface area contributed by atoms with Crippen molar-refractivity contribution in [2.75, 3.05) is 5.73 Å². The lowest BCUT2D eigenvalue weighted by Crippen LogP contribution is -1.91. The molecule has 0 aliphatic heterocycles. The Labute approximate surface area is 99.6 Å². The van der Waals surface area contributed by atoms with E-state index < -0.39 is 0 Å². The molecule has 4 heteroatoms. The molecule has 1 aromatic heterocycles. The molecule has 0 bridgehead atoms. The van der Waals surface area contributed by atoms with Crippen LogP contribution in [0.2, 0.25) is 5.02 Å². The van der Waals surface area contributed by atoms with E-state index in [0.29, 0.717) is 5.82 Å². The van der Waals surface area contributed by atoms with E-state index in [2.05, 4.69) is 10.2 Å². The number of aromatic amines is 1. The standard InChI is InChI=1S/C12H14ClN3/c1-6-4-9(5-7(2)11(6)13)10-8(3)15-16-12(10)14/h4-5H,1-3H3,(H3,14,15,16). The number of H-pyrrole nitrogens is 1. The first-order chi connectivity index (χ1) is 7.50. The molecule has 0 fully saturated rings. The third-order valence-corrected chi connectivity index (χ3v) is 3.30. The normalized spacial score (nSPS) is 10.8. The smallest absolute Gasteiger partial charge is 0.127 e. The van der Waals surface area contributed by atoms with Gasteiger partial charge >= 0.3 is 0 Å². The minimum Gasteiger partial charge on any atom is -0.384 e. The lowest BCUT2D eigenvalue weighted by atomic mass is 10.0. The predicted molar refractivity (Wildman–Crippen MR) is 67.7 cm³/mol. The highest BCUT2D eigenvalue weighted by molar-refractivity contribution is 6.32. The zero-order valence-corrected chi connectivity index (χ0v) is 10.3. The number of halogens is 1. The summed E-state index contributed by atoms with van der Waals surface area (Å²) in [4.78, 5) is 0. The summed E-state index contributed by atoms with van der Waals surface area (Å²) in [5.74, 6) is 0.596. The van der Waals surface area contributed by atoms with Gasteiger partial charge in [-0.3, -0.25) is 5.10 Å². The molecule has 2 rings (SSSR count). The number of nitrogen functional groups attached to an aromatic ring is 1. The molecule has 16 heavy (non-hydrogen) atoms. The van der Waals surface area contributed by atoms with Crippen molar-refractivity contribution < 1.29 is 0 Å². The number of hydrogen-bond acceptors (Lipinski definition) is 2. The van der Waals surface area contributed by atoms with Gasteiger partial charge in [0.2, 0.25) is 0 Å². The van der Waals surface area contributed by atoms with Crippen molar-refractivity contribution in [2.45, 2.75) is 20.8 Å². The van der Waals surface area contributed by atoms with Crippen LogP contribution in [-0.4, -0.2) is 10.2 Å². The summed E-state index contributed by atoms with van der Waals surface area (Å²) in [7, 11) is 0. The summed E-state index contributed by atoms with van der Waals surface area (Å²) < 4.78 is 0. The second kappa shape index (κ2) is 3.83. The molecule has 3 nitrogen and oxygen atoms in total. The quantitative estimate of drug-likeness (QED) is 0.797. The average Bonchev–Trinajstić information content (AvgIpc) is 2.54. The first kappa shape index (κ1) is 11.0. The van der Waals surface area contributed by atoms with Crippen LogP contribution in [0.25, 0.3) is 11.1 Å². The van der Waals surface area contributed by atoms with Crippen LogP contribution in [0.4, 0.5) is 5.82 Å². The van der Waals surface area contributed by atoms with Crippen molar-refractivity contribution in [2.24, 2.45) is 0 Å². The van der Waals surface area contributed by atoms with Crippen LogP contribution < -0.4 is 5.73 Å². The van der Waals surface area contributed by atoms with Crippen LogP contribution >= 0.6 is 11.6 Å². The van der Waals surface area contributed by atoms with Crippen LogP contribution in [0.15, 0.2) is 12.1 Å². The van der Waals surface area contributed by atoms with Gasteiger partial charge in [-0.2, -0.15) is 5.10 Å². The van der Waals surface area contributed by atoms with Crippen LogP contribution in [0.5, 0.6) is 0 Å². The predicted octanol–water partition coefficient (Wildman–Crippen LogP) is 3.24. The maximum Gasteiger partial charge on any atom is 0.127 e. The highest BCUT2D eigenvalue weighted by Crippen LogP contribution is 2.32. The van der Waals surface area contributed by atoms with Crippen LogP contribution in [0.3, 0.4) is 0 Å². The minimum absolute atomic E-state index is 0.596. The molecule has 0 spiro atoms. The van der Waals surface area contributed by atoms with Crippen LogP contribution in [-0.2, 0) is 0 Å². The lowest BCUT2D eigenvalue weighted by molar-refractivity contribution is 1.05. The van der Waals surface area contributed by atoms with Gasteiger partial charge in [0.05, 0.1) is 5.69 Å². The van der Waals surface area contributed by atoms with Crippen molar-refractivity contribution in [3.63, 3.8) is 0 Å². The Kier molecular flexibility index (Phi) is 2.64. The molecule has 0 unspecified atom stereocenters. The van der Waals surface area contributed by atoms with Gasteiger partial charge in [-0.05, 0) is 49.6 Å². The molecule has 1 aromatic carbocycles. The van der Waals surface area contributed by atoms with Gasteiger partial charge in [0.1, 0.15) is 5.82 Å². The molecule has 3 N–H and O–H groups in total. The van der Waals surface area contributed by atoms with E-state index >= 15 is 0 Å². The first-order valence-electron chi connectivity index (χ1n) is 5.08. The third kappa shape index (κ3) is 1.67. The molecule has 0 saturated heterocycles. The van der Waals surface area contributed by atoms with Crippen LogP contribution in [0.1, 0.15) is 16.8 Å². The summed E-state index contributed by atoms with van der Waals surface area (Å²) in [6.07, 6.45) is 0. The maximum absolute atomic E-state index is 6.14.